The van der Waals surface area contributed by atoms with Crippen LogP contribution in [0, 0.1) is 5.41 Å². The molecule has 0 saturated heterocycles. The van der Waals surface area contributed by atoms with E-state index in [0.29, 0.717) is 0 Å². The highest BCUT2D eigenvalue weighted by Gasteiger charge is 2.11. The summed E-state index contributed by atoms with van der Waals surface area (Å²) >= 11 is 3.92. The molecule has 2 N–H and O–H groups in total. The van der Waals surface area contributed by atoms with Crippen molar-refractivity contribution in [1.82, 2.24) is 0 Å². The number of allylic oxidation sites excluding steroid dienone is 1. The molecule has 48 valence electrons. The Labute approximate surface area is 56.4 Å². The molecule has 0 aromatic heterocycles. The quantitative estimate of drug-likeness (QED) is 0.481. The van der Waals surface area contributed by atoms with Gasteiger partial charge in [0.2, 0.25) is 0 Å². The predicted molar refractivity (Wildman–Crippen MR) is 40.7 cm³/mol. The zero-order chi connectivity index (χ0) is 6.78. The van der Waals surface area contributed by atoms with Crippen LogP contribution < -0.4 is 5.73 Å². The first-order chi connectivity index (χ1) is 3.48. The van der Waals surface area contributed by atoms with Crippen LogP contribution in [0.25, 0.3) is 0 Å². The molecule has 0 aliphatic carbocycles. The van der Waals surface area contributed by atoms with Gasteiger partial charge in [0.05, 0.1) is 0 Å². The number of thiol groups is 1. The van der Waals surface area contributed by atoms with Crippen molar-refractivity contribution in [3.8, 4) is 0 Å². The molecule has 0 radical (unpaired) electrons. The second-order valence-corrected chi connectivity index (χ2v) is 3.09. The van der Waals surface area contributed by atoms with Crippen molar-refractivity contribution in [2.24, 2.45) is 11.1 Å². The van der Waals surface area contributed by atoms with Crippen LogP contribution in [0.3, 0.4) is 0 Å². The van der Waals surface area contributed by atoms with Gasteiger partial charge in [0.15, 0.2) is 0 Å². The maximum Gasteiger partial charge on any atom is 0.0196 e. The SMILES string of the molecule is CC(C)(C)/C(N)=C/S. The molecule has 0 fully saturated rings. The van der Waals surface area contributed by atoms with E-state index in [1.165, 1.54) is 0 Å². The summed E-state index contributed by atoms with van der Waals surface area (Å²) in [6.45, 7) is 6.15. The van der Waals surface area contributed by atoms with E-state index < -0.39 is 0 Å². The van der Waals surface area contributed by atoms with E-state index in [9.17, 15) is 0 Å². The smallest absolute Gasteiger partial charge is 0.0196 e. The Morgan fingerprint density at radius 2 is 1.88 bits per heavy atom. The maximum atomic E-state index is 5.53. The highest BCUT2D eigenvalue weighted by Crippen LogP contribution is 2.20. The third kappa shape index (κ3) is 2.26. The van der Waals surface area contributed by atoms with Gasteiger partial charge < -0.3 is 5.73 Å². The molecule has 8 heavy (non-hydrogen) atoms. The lowest BCUT2D eigenvalue weighted by Crippen LogP contribution is -2.15. The molecule has 0 aromatic rings. The highest BCUT2D eigenvalue weighted by atomic mass is 32.1. The zero-order valence-electron chi connectivity index (χ0n) is 5.60. The Morgan fingerprint density at radius 3 is 1.88 bits per heavy atom. The average molecular weight is 131 g/mol. The minimum absolute atomic E-state index is 0.0712. The molecule has 0 saturated carbocycles. The van der Waals surface area contributed by atoms with E-state index >= 15 is 0 Å². The second-order valence-electron chi connectivity index (χ2n) is 2.83. The maximum absolute atomic E-state index is 5.53. The predicted octanol–water partition coefficient (Wildman–Crippen LogP) is 1.76. The summed E-state index contributed by atoms with van der Waals surface area (Å²) in [5, 5.41) is 1.64. The summed E-state index contributed by atoms with van der Waals surface area (Å²) in [4.78, 5) is 0. The van der Waals surface area contributed by atoms with Crippen LogP contribution >= 0.6 is 12.6 Å². The van der Waals surface area contributed by atoms with Gasteiger partial charge in [-0.15, -0.1) is 12.6 Å². The summed E-state index contributed by atoms with van der Waals surface area (Å²) in [7, 11) is 0. The third-order valence-corrected chi connectivity index (χ3v) is 1.28. The fourth-order valence-electron chi connectivity index (χ4n) is 0.194. The van der Waals surface area contributed by atoms with Gasteiger partial charge in [-0.3, -0.25) is 0 Å². The standard InChI is InChI=1S/C6H13NS/c1-6(2,3)5(7)4-8/h4,8H,7H2,1-3H3/b5-4-. The van der Waals surface area contributed by atoms with E-state index in [2.05, 4.69) is 33.4 Å². The van der Waals surface area contributed by atoms with Crippen LogP contribution in [0.2, 0.25) is 0 Å². The zero-order valence-corrected chi connectivity index (χ0v) is 6.50. The van der Waals surface area contributed by atoms with Crippen LogP contribution in [-0.4, -0.2) is 0 Å². The van der Waals surface area contributed by atoms with Crippen LogP contribution in [0.5, 0.6) is 0 Å². The van der Waals surface area contributed by atoms with Crippen LogP contribution in [0.4, 0.5) is 0 Å². The Kier molecular flexibility index (Phi) is 2.41. The van der Waals surface area contributed by atoms with Crippen molar-refractivity contribution in [2.45, 2.75) is 20.8 Å². The van der Waals surface area contributed by atoms with Crippen molar-refractivity contribution in [1.29, 1.82) is 0 Å². The number of nitrogens with two attached hydrogens (primary N) is 1. The lowest BCUT2D eigenvalue weighted by atomic mass is 9.94. The lowest BCUT2D eigenvalue weighted by molar-refractivity contribution is 0.499. The first-order valence-electron chi connectivity index (χ1n) is 2.59. The monoisotopic (exact) mass is 131 g/mol. The Hall–Kier alpha value is -0.110. The van der Waals surface area contributed by atoms with Crippen LogP contribution in [0.15, 0.2) is 11.1 Å². The molecule has 0 aliphatic rings. The molecule has 0 amide bonds. The van der Waals surface area contributed by atoms with E-state index in [4.69, 9.17) is 5.73 Å². The van der Waals surface area contributed by atoms with Crippen molar-refractivity contribution < 1.29 is 0 Å². The van der Waals surface area contributed by atoms with Gasteiger partial charge in [0.25, 0.3) is 0 Å². The van der Waals surface area contributed by atoms with Crippen molar-refractivity contribution >= 4 is 12.6 Å². The van der Waals surface area contributed by atoms with Gasteiger partial charge in [0.1, 0.15) is 0 Å². The summed E-state index contributed by atoms with van der Waals surface area (Å²) in [5.41, 5.74) is 6.43. The molecule has 0 rings (SSSR count). The van der Waals surface area contributed by atoms with Crippen LogP contribution in [0.1, 0.15) is 20.8 Å². The summed E-state index contributed by atoms with van der Waals surface area (Å²) in [5.74, 6) is 0. The summed E-state index contributed by atoms with van der Waals surface area (Å²) in [6.07, 6.45) is 0. The highest BCUT2D eigenvalue weighted by molar-refractivity contribution is 7.83. The van der Waals surface area contributed by atoms with Crippen LogP contribution in [-0.2, 0) is 0 Å². The van der Waals surface area contributed by atoms with Gasteiger partial charge in [-0.25, -0.2) is 0 Å². The largest absolute Gasteiger partial charge is 0.401 e. The molecule has 2 heteroatoms. The van der Waals surface area contributed by atoms with Gasteiger partial charge in [-0.05, 0) is 5.41 Å². The average Bonchev–Trinajstić information content (AvgIpc) is 1.62. The van der Waals surface area contributed by atoms with Crippen molar-refractivity contribution in [3.05, 3.63) is 11.1 Å². The lowest BCUT2D eigenvalue weighted by Gasteiger charge is -2.17. The molecule has 0 bridgehead atoms. The Morgan fingerprint density at radius 1 is 1.50 bits per heavy atom. The Balaban J connectivity index is 4.03. The summed E-state index contributed by atoms with van der Waals surface area (Å²) < 4.78 is 0. The van der Waals surface area contributed by atoms with E-state index in [1.54, 1.807) is 5.41 Å². The van der Waals surface area contributed by atoms with Crippen molar-refractivity contribution in [3.63, 3.8) is 0 Å². The molecule has 0 heterocycles. The fourth-order valence-corrected chi connectivity index (χ4v) is 0.581. The van der Waals surface area contributed by atoms with Crippen molar-refractivity contribution in [2.75, 3.05) is 0 Å². The first-order valence-corrected chi connectivity index (χ1v) is 3.10. The fraction of sp³-hybridized carbons (Fsp3) is 0.667. The molecule has 0 atom stereocenters. The molecular formula is C6H13NS. The Bertz CT molecular complexity index is 99.6. The van der Waals surface area contributed by atoms with Gasteiger partial charge in [-0.1, -0.05) is 20.8 Å². The number of hydrogen-bond acceptors (Lipinski definition) is 2. The molecule has 0 unspecified atom stereocenters. The van der Waals surface area contributed by atoms with E-state index in [0.717, 1.165) is 5.70 Å². The molecule has 0 aliphatic heterocycles. The minimum Gasteiger partial charge on any atom is -0.401 e. The normalized spacial score (nSPS) is 14.2. The molecule has 1 nitrogen and oxygen atoms in total. The van der Waals surface area contributed by atoms with E-state index in [1.807, 2.05) is 0 Å². The minimum atomic E-state index is 0.0712. The third-order valence-electron chi connectivity index (χ3n) is 1.01. The molecular weight excluding hydrogens is 118 g/mol. The first kappa shape index (κ1) is 7.89. The van der Waals surface area contributed by atoms with Gasteiger partial charge in [-0.2, -0.15) is 0 Å². The molecule has 0 spiro atoms. The summed E-state index contributed by atoms with van der Waals surface area (Å²) in [6, 6.07) is 0. The van der Waals surface area contributed by atoms with Gasteiger partial charge >= 0.3 is 0 Å². The molecule has 0 aromatic carbocycles. The van der Waals surface area contributed by atoms with Gasteiger partial charge in [0, 0.05) is 11.1 Å². The second kappa shape index (κ2) is 2.44. The number of rotatable bonds is 0. The number of hydrogen-bond donors (Lipinski definition) is 2. The van der Waals surface area contributed by atoms with E-state index in [-0.39, 0.29) is 5.41 Å². The topological polar surface area (TPSA) is 26.0 Å².